The third-order valence-corrected chi connectivity index (χ3v) is 2.97. The second-order valence-electron chi connectivity index (χ2n) is 4.36. The summed E-state index contributed by atoms with van der Waals surface area (Å²) in [6.45, 7) is 6.83. The number of benzene rings is 1. The van der Waals surface area contributed by atoms with E-state index in [1.54, 1.807) is 0 Å². The van der Waals surface area contributed by atoms with E-state index in [-0.39, 0.29) is 0 Å². The van der Waals surface area contributed by atoms with Gasteiger partial charge in [-0.2, -0.15) is 0 Å². The summed E-state index contributed by atoms with van der Waals surface area (Å²) in [5.74, 6) is 2.37. The van der Waals surface area contributed by atoms with Crippen LogP contribution in [-0.4, -0.2) is 16.5 Å². The van der Waals surface area contributed by atoms with Gasteiger partial charge in [-0.1, -0.05) is 15.9 Å². The zero-order valence-corrected chi connectivity index (χ0v) is 12.9. The van der Waals surface area contributed by atoms with Crippen LogP contribution in [0, 0.1) is 13.8 Å². The van der Waals surface area contributed by atoms with E-state index in [2.05, 4.69) is 55.6 Å². The molecule has 0 aliphatic heterocycles. The monoisotopic (exact) mass is 320 g/mol. The van der Waals surface area contributed by atoms with Crippen molar-refractivity contribution in [3.8, 4) is 0 Å². The lowest BCUT2D eigenvalue weighted by Gasteiger charge is -2.10. The molecule has 0 fully saturated rings. The second-order valence-corrected chi connectivity index (χ2v) is 5.27. The predicted octanol–water partition coefficient (Wildman–Crippen LogP) is 4.03. The van der Waals surface area contributed by atoms with Gasteiger partial charge in [0.1, 0.15) is 17.5 Å². The van der Waals surface area contributed by atoms with Crippen molar-refractivity contribution in [1.82, 2.24) is 9.97 Å². The molecule has 2 rings (SSSR count). The van der Waals surface area contributed by atoms with Crippen molar-refractivity contribution in [2.24, 2.45) is 0 Å². The average molecular weight is 321 g/mol. The first kappa shape index (κ1) is 13.8. The summed E-state index contributed by atoms with van der Waals surface area (Å²) in [6, 6.07) is 8.08. The van der Waals surface area contributed by atoms with Gasteiger partial charge in [0.2, 0.25) is 0 Å². The molecule has 0 amide bonds. The van der Waals surface area contributed by atoms with E-state index >= 15 is 0 Å². The number of hydrogen-bond donors (Lipinski definition) is 2. The van der Waals surface area contributed by atoms with E-state index in [9.17, 15) is 0 Å². The third kappa shape index (κ3) is 3.92. The van der Waals surface area contributed by atoms with Gasteiger partial charge in [-0.05, 0) is 44.5 Å². The average Bonchev–Trinajstić information content (AvgIpc) is 2.26. The second kappa shape index (κ2) is 6.02. The molecular formula is C14H17BrN4. The Morgan fingerprint density at radius 3 is 2.47 bits per heavy atom. The lowest BCUT2D eigenvalue weighted by atomic mass is 10.2. The van der Waals surface area contributed by atoms with Gasteiger partial charge in [-0.3, -0.25) is 0 Å². The van der Waals surface area contributed by atoms with Crippen LogP contribution in [0.2, 0.25) is 0 Å². The summed E-state index contributed by atoms with van der Waals surface area (Å²) < 4.78 is 1.05. The standard InChI is InChI=1S/C14H17BrN4/c1-4-16-13-8-14(18-10(3)17-13)19-12-6-9(2)5-11(15)7-12/h5-8H,4H2,1-3H3,(H2,16,17,18,19). The van der Waals surface area contributed by atoms with Crippen molar-refractivity contribution in [2.45, 2.75) is 20.8 Å². The highest BCUT2D eigenvalue weighted by Crippen LogP contribution is 2.22. The fraction of sp³-hybridized carbons (Fsp3) is 0.286. The number of halogens is 1. The summed E-state index contributed by atoms with van der Waals surface area (Å²) in [7, 11) is 0. The van der Waals surface area contributed by atoms with Crippen LogP contribution in [0.15, 0.2) is 28.7 Å². The van der Waals surface area contributed by atoms with Crippen molar-refractivity contribution >= 4 is 33.3 Å². The van der Waals surface area contributed by atoms with Gasteiger partial charge in [0.15, 0.2) is 0 Å². The Labute approximate surface area is 121 Å². The molecule has 19 heavy (non-hydrogen) atoms. The van der Waals surface area contributed by atoms with E-state index in [4.69, 9.17) is 0 Å². The van der Waals surface area contributed by atoms with E-state index < -0.39 is 0 Å². The Morgan fingerprint density at radius 2 is 1.79 bits per heavy atom. The highest BCUT2D eigenvalue weighted by molar-refractivity contribution is 9.10. The molecule has 0 bridgehead atoms. The summed E-state index contributed by atoms with van der Waals surface area (Å²) in [4.78, 5) is 8.72. The summed E-state index contributed by atoms with van der Waals surface area (Å²) in [5.41, 5.74) is 2.20. The Balaban J connectivity index is 2.27. The van der Waals surface area contributed by atoms with Crippen molar-refractivity contribution in [2.75, 3.05) is 17.2 Å². The minimum atomic E-state index is 0.743. The maximum absolute atomic E-state index is 4.39. The zero-order valence-electron chi connectivity index (χ0n) is 11.3. The van der Waals surface area contributed by atoms with Crippen molar-refractivity contribution < 1.29 is 0 Å². The summed E-state index contributed by atoms with van der Waals surface area (Å²) in [6.07, 6.45) is 0. The first-order valence-corrected chi connectivity index (χ1v) is 7.00. The van der Waals surface area contributed by atoms with Gasteiger partial charge in [0, 0.05) is 22.8 Å². The van der Waals surface area contributed by atoms with Gasteiger partial charge < -0.3 is 10.6 Å². The molecule has 2 aromatic rings. The van der Waals surface area contributed by atoms with Crippen molar-refractivity contribution in [3.63, 3.8) is 0 Å². The predicted molar refractivity (Wildman–Crippen MR) is 83.1 cm³/mol. The fourth-order valence-corrected chi connectivity index (χ4v) is 2.47. The quantitative estimate of drug-likeness (QED) is 0.892. The topological polar surface area (TPSA) is 49.8 Å². The molecule has 0 aliphatic carbocycles. The SMILES string of the molecule is CCNc1cc(Nc2cc(C)cc(Br)c2)nc(C)n1. The van der Waals surface area contributed by atoms with Crippen LogP contribution < -0.4 is 10.6 Å². The number of anilines is 3. The number of hydrogen-bond acceptors (Lipinski definition) is 4. The first-order chi connectivity index (χ1) is 9.06. The van der Waals surface area contributed by atoms with Crippen LogP contribution in [0.25, 0.3) is 0 Å². The molecule has 5 heteroatoms. The Kier molecular flexibility index (Phi) is 4.37. The molecule has 0 atom stereocenters. The Morgan fingerprint density at radius 1 is 1.05 bits per heavy atom. The van der Waals surface area contributed by atoms with Crippen molar-refractivity contribution in [3.05, 3.63) is 40.1 Å². The van der Waals surface area contributed by atoms with E-state index in [1.165, 1.54) is 5.56 Å². The molecule has 0 spiro atoms. The number of aryl methyl sites for hydroxylation is 2. The molecular weight excluding hydrogens is 304 g/mol. The number of nitrogens with one attached hydrogen (secondary N) is 2. The Hall–Kier alpha value is -1.62. The highest BCUT2D eigenvalue weighted by Gasteiger charge is 2.03. The summed E-state index contributed by atoms with van der Waals surface area (Å²) in [5, 5.41) is 6.50. The number of rotatable bonds is 4. The van der Waals surface area contributed by atoms with Gasteiger partial charge in [-0.15, -0.1) is 0 Å². The molecule has 0 saturated carbocycles. The van der Waals surface area contributed by atoms with E-state index in [1.807, 2.05) is 26.0 Å². The van der Waals surface area contributed by atoms with Crippen LogP contribution in [-0.2, 0) is 0 Å². The molecule has 1 heterocycles. The van der Waals surface area contributed by atoms with Crippen LogP contribution in [0.4, 0.5) is 17.3 Å². The van der Waals surface area contributed by atoms with Crippen LogP contribution >= 0.6 is 15.9 Å². The number of nitrogens with zero attached hydrogens (tertiary/aromatic N) is 2. The molecule has 0 aliphatic rings. The van der Waals surface area contributed by atoms with Crippen LogP contribution in [0.1, 0.15) is 18.3 Å². The lowest BCUT2D eigenvalue weighted by Crippen LogP contribution is -2.04. The normalized spacial score (nSPS) is 10.3. The molecule has 4 nitrogen and oxygen atoms in total. The van der Waals surface area contributed by atoms with Gasteiger partial charge >= 0.3 is 0 Å². The van der Waals surface area contributed by atoms with Crippen molar-refractivity contribution in [1.29, 1.82) is 0 Å². The van der Waals surface area contributed by atoms with Gasteiger partial charge in [-0.25, -0.2) is 9.97 Å². The largest absolute Gasteiger partial charge is 0.370 e. The van der Waals surface area contributed by atoms with Gasteiger partial charge in [0.05, 0.1) is 0 Å². The zero-order chi connectivity index (χ0) is 13.8. The minimum absolute atomic E-state index is 0.743. The minimum Gasteiger partial charge on any atom is -0.370 e. The van der Waals surface area contributed by atoms with E-state index in [0.29, 0.717) is 0 Å². The molecule has 0 saturated heterocycles. The van der Waals surface area contributed by atoms with Crippen LogP contribution in [0.5, 0.6) is 0 Å². The smallest absolute Gasteiger partial charge is 0.136 e. The maximum Gasteiger partial charge on any atom is 0.136 e. The third-order valence-electron chi connectivity index (χ3n) is 2.51. The van der Waals surface area contributed by atoms with E-state index in [0.717, 1.165) is 34.2 Å². The van der Waals surface area contributed by atoms with Gasteiger partial charge in [0.25, 0.3) is 0 Å². The fourth-order valence-electron chi connectivity index (χ4n) is 1.86. The molecule has 0 unspecified atom stereocenters. The van der Waals surface area contributed by atoms with Crippen LogP contribution in [0.3, 0.4) is 0 Å². The first-order valence-electron chi connectivity index (χ1n) is 6.20. The molecule has 0 radical (unpaired) electrons. The molecule has 2 N–H and O–H groups in total. The summed E-state index contributed by atoms with van der Waals surface area (Å²) >= 11 is 3.50. The Bertz CT molecular complexity index is 563. The maximum atomic E-state index is 4.39. The highest BCUT2D eigenvalue weighted by atomic mass is 79.9. The molecule has 1 aromatic carbocycles. The molecule has 100 valence electrons. The lowest BCUT2D eigenvalue weighted by molar-refractivity contribution is 1.04. The molecule has 1 aromatic heterocycles. The number of aromatic nitrogens is 2.